The molecular formula is C94H145NO8. The van der Waals surface area contributed by atoms with Crippen LogP contribution in [-0.4, -0.2) is 82.3 Å². The van der Waals surface area contributed by atoms with Gasteiger partial charge >= 0.3 is 11.9 Å². The van der Waals surface area contributed by atoms with E-state index in [0.29, 0.717) is 17.4 Å². The third-order valence-electron chi connectivity index (χ3n) is 16.1. The molecular weight excluding hydrogens is 1270 g/mol. The number of likely N-dealkylation sites (N-methyl/N-ethyl adjacent to an activating group) is 1. The predicted molar refractivity (Wildman–Crippen MR) is 443 cm³/mol. The average molecular weight is 1420 g/mol. The zero-order chi connectivity index (χ0) is 74.6. The van der Waals surface area contributed by atoms with Crippen LogP contribution in [0.15, 0.2) is 243 Å². The number of carbonyl (C=O) groups is 3. The minimum atomic E-state index is -1.65. The van der Waals surface area contributed by atoms with Crippen molar-refractivity contribution >= 4 is 17.9 Å². The summed E-state index contributed by atoms with van der Waals surface area (Å²) in [7, 11) is 5.91. The summed E-state index contributed by atoms with van der Waals surface area (Å²) < 4.78 is 22.8. The van der Waals surface area contributed by atoms with Crippen molar-refractivity contribution in [2.75, 3.05) is 47.5 Å². The zero-order valence-electron chi connectivity index (χ0n) is 65.6. The molecule has 0 rings (SSSR count). The molecule has 0 aromatic carbocycles. The molecule has 574 valence electrons. The van der Waals surface area contributed by atoms with Gasteiger partial charge in [0.1, 0.15) is 13.2 Å². The molecule has 0 aromatic heterocycles. The molecule has 103 heavy (non-hydrogen) atoms. The van der Waals surface area contributed by atoms with E-state index in [1.165, 1.54) is 51.4 Å². The molecule has 0 aliphatic rings. The highest BCUT2D eigenvalue weighted by Gasteiger charge is 2.22. The first-order chi connectivity index (χ1) is 50.6. The summed E-state index contributed by atoms with van der Waals surface area (Å²) in [6.45, 7) is 4.46. The summed E-state index contributed by atoms with van der Waals surface area (Å²) >= 11 is 0. The van der Waals surface area contributed by atoms with E-state index >= 15 is 0 Å². The van der Waals surface area contributed by atoms with Crippen LogP contribution >= 0.6 is 0 Å². The second-order valence-electron chi connectivity index (χ2n) is 26.9. The van der Waals surface area contributed by atoms with Crippen molar-refractivity contribution in [2.24, 2.45) is 0 Å². The predicted octanol–water partition coefficient (Wildman–Crippen LogP) is 25.0. The lowest BCUT2D eigenvalue weighted by atomic mass is 10.0. The normalized spacial score (nSPS) is 14.0. The van der Waals surface area contributed by atoms with Crippen LogP contribution in [0.4, 0.5) is 0 Å². The molecule has 0 amide bonds. The summed E-state index contributed by atoms with van der Waals surface area (Å²) in [5.41, 5.74) is 0. The van der Waals surface area contributed by atoms with Crippen LogP contribution in [0, 0.1) is 0 Å². The maximum absolute atomic E-state index is 13.0. The summed E-state index contributed by atoms with van der Waals surface area (Å²) in [6, 6.07) is 0. The highest BCUT2D eigenvalue weighted by molar-refractivity contribution is 5.70. The fourth-order valence-electron chi connectivity index (χ4n) is 10.1. The van der Waals surface area contributed by atoms with Crippen molar-refractivity contribution in [3.8, 4) is 0 Å². The second kappa shape index (κ2) is 80.8. The van der Waals surface area contributed by atoms with Gasteiger partial charge in [-0.25, -0.2) is 0 Å². The molecule has 0 aliphatic heterocycles. The third kappa shape index (κ3) is 82.3. The highest BCUT2D eigenvalue weighted by Crippen LogP contribution is 2.15. The second-order valence-corrected chi connectivity index (χ2v) is 26.9. The van der Waals surface area contributed by atoms with Gasteiger partial charge in [0, 0.05) is 12.8 Å². The first-order valence-corrected chi connectivity index (χ1v) is 40.2. The lowest BCUT2D eigenvalue weighted by Crippen LogP contribution is -2.44. The Hall–Kier alpha value is -6.91. The number of nitrogens with zero attached hydrogens (tertiary/aromatic N) is 1. The number of ether oxygens (including phenoxy) is 4. The summed E-state index contributed by atoms with van der Waals surface area (Å²) in [6.07, 6.45) is 127. The molecule has 0 spiro atoms. The number of carboxylic acid groups (broad SMARTS) is 1. The molecule has 0 heterocycles. The Morgan fingerprint density at radius 2 is 0.524 bits per heavy atom. The Morgan fingerprint density at radius 1 is 0.291 bits per heavy atom. The number of esters is 2. The lowest BCUT2D eigenvalue weighted by molar-refractivity contribution is -0.870. The Balaban J connectivity index is 4.21. The molecule has 2 atom stereocenters. The van der Waals surface area contributed by atoms with E-state index in [4.69, 9.17) is 18.9 Å². The molecule has 0 radical (unpaired) electrons. The van der Waals surface area contributed by atoms with Crippen LogP contribution in [0.3, 0.4) is 0 Å². The quantitative estimate of drug-likeness (QED) is 0.0195. The van der Waals surface area contributed by atoms with Gasteiger partial charge in [-0.3, -0.25) is 9.59 Å². The summed E-state index contributed by atoms with van der Waals surface area (Å²) in [5.74, 6) is -2.34. The topological polar surface area (TPSA) is 111 Å². The van der Waals surface area contributed by atoms with E-state index in [-0.39, 0.29) is 38.6 Å². The van der Waals surface area contributed by atoms with Gasteiger partial charge in [-0.15, -0.1) is 0 Å². The summed E-state index contributed by atoms with van der Waals surface area (Å²) in [4.78, 5) is 37.6. The molecule has 9 heteroatoms. The van der Waals surface area contributed by atoms with E-state index in [1.807, 2.05) is 21.1 Å². The number of allylic oxidation sites excluding steroid dienone is 40. The molecule has 0 aliphatic carbocycles. The van der Waals surface area contributed by atoms with Gasteiger partial charge in [0.25, 0.3) is 0 Å². The molecule has 0 fully saturated rings. The van der Waals surface area contributed by atoms with Crippen LogP contribution in [0.25, 0.3) is 0 Å². The van der Waals surface area contributed by atoms with E-state index in [1.54, 1.807) is 0 Å². The van der Waals surface area contributed by atoms with Crippen molar-refractivity contribution in [3.05, 3.63) is 243 Å². The standard InChI is InChI=1S/C94H145NO8/c1-6-8-10-12-14-16-18-20-22-24-26-28-30-32-34-36-38-40-42-44-45-46-47-49-51-53-55-57-59-61-63-65-67-69-71-73-75-77-79-81-83-85-92(97)103-90(89-102-94(93(98)99)100-87-86-95(3,4)5)88-101-91(96)84-82-80-78-76-74-72-70-68-66-64-62-60-58-56-54-52-50-48-43-41-39-37-35-33-31-29-27-25-23-21-19-17-15-13-11-9-7-2/h8-11,14-17,20-23,26-29,32-35,38-41,44-45,47-50,53-56,59,61,65,67,71,73,90,94H,6-7,12-13,18-19,24-25,30-31,36-37,42-43,46,51-52,57-58,60,62-64,66,68-70,72,74-89H2,1-5H3/b10-8-,11-9-,16-14-,17-15-,22-20-,23-21-,28-26-,29-27-,34-32-,35-33-,40-38-,41-39-,45-44-,49-47-,50-48-,55-53-,56-54-,61-59-,67-65-,73-71-. The Bertz CT molecular complexity index is 2610. The number of hydrogen-bond acceptors (Lipinski definition) is 8. The molecule has 0 aromatic rings. The molecule has 0 saturated carbocycles. The van der Waals surface area contributed by atoms with Crippen molar-refractivity contribution in [2.45, 2.75) is 283 Å². The van der Waals surface area contributed by atoms with Gasteiger partial charge in [0.05, 0.1) is 40.3 Å². The lowest BCUT2D eigenvalue weighted by Gasteiger charge is -2.26. The van der Waals surface area contributed by atoms with Gasteiger partial charge in [-0.2, -0.15) is 0 Å². The third-order valence-corrected chi connectivity index (χ3v) is 16.1. The largest absolute Gasteiger partial charge is 0.545 e. The number of rotatable bonds is 71. The average Bonchev–Trinajstić information content (AvgIpc) is 1.01. The number of carbonyl (C=O) groups excluding carboxylic acids is 3. The van der Waals surface area contributed by atoms with Crippen LogP contribution in [-0.2, 0) is 33.3 Å². The van der Waals surface area contributed by atoms with E-state index < -0.39 is 24.3 Å². The molecule has 0 N–H and O–H groups in total. The maximum atomic E-state index is 13.0. The molecule has 9 nitrogen and oxygen atoms in total. The number of quaternary nitrogens is 1. The summed E-state index contributed by atoms with van der Waals surface area (Å²) in [5, 5.41) is 11.9. The smallest absolute Gasteiger partial charge is 0.306 e. The Kier molecular flexibility index (Phi) is 75.4. The van der Waals surface area contributed by atoms with Crippen molar-refractivity contribution in [1.29, 1.82) is 0 Å². The first kappa shape index (κ1) is 96.1. The monoisotopic (exact) mass is 1420 g/mol. The van der Waals surface area contributed by atoms with E-state index in [0.717, 1.165) is 186 Å². The minimum Gasteiger partial charge on any atom is -0.545 e. The van der Waals surface area contributed by atoms with Gasteiger partial charge < -0.3 is 33.3 Å². The van der Waals surface area contributed by atoms with Crippen molar-refractivity contribution in [3.63, 3.8) is 0 Å². The fourth-order valence-corrected chi connectivity index (χ4v) is 10.1. The first-order valence-electron chi connectivity index (χ1n) is 40.2. The number of carboxylic acids is 1. The van der Waals surface area contributed by atoms with Gasteiger partial charge in [0.2, 0.25) is 0 Å². The maximum Gasteiger partial charge on any atom is 0.306 e. The van der Waals surface area contributed by atoms with Crippen LogP contribution in [0.1, 0.15) is 271 Å². The van der Waals surface area contributed by atoms with Gasteiger partial charge in [-0.05, 0) is 167 Å². The van der Waals surface area contributed by atoms with E-state index in [2.05, 4.69) is 257 Å². The Labute approximate surface area is 631 Å². The zero-order valence-corrected chi connectivity index (χ0v) is 65.6. The highest BCUT2D eigenvalue weighted by atomic mass is 16.7. The fraction of sp³-hybridized carbons (Fsp3) is 0.543. The van der Waals surface area contributed by atoms with Gasteiger partial charge in [0.15, 0.2) is 12.4 Å². The Morgan fingerprint density at radius 3 is 0.777 bits per heavy atom. The van der Waals surface area contributed by atoms with E-state index in [9.17, 15) is 19.5 Å². The number of aliphatic carboxylic acids is 1. The minimum absolute atomic E-state index is 0.129. The van der Waals surface area contributed by atoms with Crippen LogP contribution in [0.2, 0.25) is 0 Å². The molecule has 2 unspecified atom stereocenters. The van der Waals surface area contributed by atoms with Crippen molar-refractivity contribution in [1.82, 2.24) is 0 Å². The number of unbranched alkanes of at least 4 members (excludes halogenated alkanes) is 16. The van der Waals surface area contributed by atoms with Crippen molar-refractivity contribution < 1.29 is 42.9 Å². The van der Waals surface area contributed by atoms with Gasteiger partial charge in [-0.1, -0.05) is 334 Å². The molecule has 0 saturated heterocycles. The number of hydrogen-bond donors (Lipinski definition) is 0. The molecule has 0 bridgehead atoms. The van der Waals surface area contributed by atoms with Crippen LogP contribution in [0.5, 0.6) is 0 Å². The SMILES string of the molecule is CC/C=C\C/C=C\C/C=C\C/C=C\C/C=C\C/C=C\C/C=C\C/C=C\C/C=C\C/C=C\C/C=C\C/C=C\CCCCCCC(=O)OC(COC(=O)CCCCCCCCCCCCCC/C=C\C/C=C\C/C=C\C/C=C\C/C=C\C/C=C\C/C=C\C/C=C\CC)COC(OCC[N+](C)(C)C)C(=O)[O-]. The van der Waals surface area contributed by atoms with Crippen LogP contribution < -0.4 is 5.11 Å².